The monoisotopic (exact) mass is 423 g/mol. The number of nitrogens with one attached hydrogen (secondary N) is 1. The second kappa shape index (κ2) is 9.49. The molecule has 0 aromatic heterocycles. The van der Waals surface area contributed by atoms with Crippen LogP contribution in [0.5, 0.6) is 5.75 Å². The number of hydrogen-bond donors (Lipinski definition) is 1. The third kappa shape index (κ3) is 4.73. The Morgan fingerprint density at radius 1 is 1.03 bits per heavy atom. The highest BCUT2D eigenvalue weighted by molar-refractivity contribution is 5.97. The second-order valence-corrected chi connectivity index (χ2v) is 8.11. The average Bonchev–Trinajstić information content (AvgIpc) is 2.78. The zero-order chi connectivity index (χ0) is 21.8. The first kappa shape index (κ1) is 21.3. The van der Waals surface area contributed by atoms with Crippen molar-refractivity contribution in [3.63, 3.8) is 0 Å². The summed E-state index contributed by atoms with van der Waals surface area (Å²) in [5, 5.41) is 2.95. The predicted molar refractivity (Wildman–Crippen MR) is 117 cm³/mol. The van der Waals surface area contributed by atoms with E-state index in [0.717, 1.165) is 29.0 Å². The Hall–Kier alpha value is -2.90. The zero-order valence-electron chi connectivity index (χ0n) is 18.0. The standard InChI is InChI=1S/C24H29N3O4/c1-30-16-19-12-18(8-9-22(19)31-2)14-26-10-11-27-21(15-26)23(28)25-20(24(27)29)13-17-6-4-3-5-7-17/h3-9,12,20-21H,10-11,13-16H2,1-2H3,(H,25,28)/t20-,21+/m0/s1. The Kier molecular flexibility index (Phi) is 6.53. The third-order valence-corrected chi connectivity index (χ3v) is 6.00. The molecule has 7 nitrogen and oxygen atoms in total. The van der Waals surface area contributed by atoms with Crippen LogP contribution in [0.25, 0.3) is 0 Å². The fourth-order valence-electron chi connectivity index (χ4n) is 4.45. The van der Waals surface area contributed by atoms with Gasteiger partial charge in [-0.2, -0.15) is 0 Å². The van der Waals surface area contributed by atoms with Crippen molar-refractivity contribution in [3.8, 4) is 5.75 Å². The Balaban J connectivity index is 1.41. The van der Waals surface area contributed by atoms with E-state index in [2.05, 4.69) is 16.3 Å². The molecule has 0 saturated carbocycles. The number of ether oxygens (including phenoxy) is 2. The number of amides is 2. The van der Waals surface area contributed by atoms with Gasteiger partial charge in [0.25, 0.3) is 0 Å². The number of carbonyl (C=O) groups excluding carboxylic acids is 2. The lowest BCUT2D eigenvalue weighted by atomic mass is 9.98. The Morgan fingerprint density at radius 2 is 1.84 bits per heavy atom. The molecular weight excluding hydrogens is 394 g/mol. The third-order valence-electron chi connectivity index (χ3n) is 6.00. The molecule has 2 aromatic rings. The van der Waals surface area contributed by atoms with Gasteiger partial charge >= 0.3 is 0 Å². The molecule has 0 aliphatic carbocycles. The lowest BCUT2D eigenvalue weighted by molar-refractivity contribution is -0.153. The van der Waals surface area contributed by atoms with Crippen LogP contribution in [0.3, 0.4) is 0 Å². The van der Waals surface area contributed by atoms with Gasteiger partial charge in [-0.25, -0.2) is 0 Å². The highest BCUT2D eigenvalue weighted by Crippen LogP contribution is 2.23. The number of carbonyl (C=O) groups is 2. The lowest BCUT2D eigenvalue weighted by Gasteiger charge is -2.45. The molecule has 0 spiro atoms. The number of nitrogens with zero attached hydrogens (tertiary/aromatic N) is 2. The number of rotatable bonds is 7. The minimum Gasteiger partial charge on any atom is -0.496 e. The van der Waals surface area contributed by atoms with Crippen LogP contribution < -0.4 is 10.1 Å². The van der Waals surface area contributed by atoms with E-state index in [0.29, 0.717) is 32.7 Å². The summed E-state index contributed by atoms with van der Waals surface area (Å²) in [6.45, 7) is 3.01. The largest absolute Gasteiger partial charge is 0.496 e. The summed E-state index contributed by atoms with van der Waals surface area (Å²) in [5.41, 5.74) is 3.17. The number of fused-ring (bicyclic) bond motifs is 1. The highest BCUT2D eigenvalue weighted by Gasteiger charge is 2.43. The van der Waals surface area contributed by atoms with Crippen LogP contribution in [0.2, 0.25) is 0 Å². The molecule has 7 heteroatoms. The number of piperazine rings is 2. The van der Waals surface area contributed by atoms with Crippen molar-refractivity contribution in [2.75, 3.05) is 33.9 Å². The molecule has 2 aliphatic heterocycles. The van der Waals surface area contributed by atoms with Crippen LogP contribution >= 0.6 is 0 Å². The molecular formula is C24H29N3O4. The summed E-state index contributed by atoms with van der Waals surface area (Å²) in [6.07, 6.45) is 0.520. The Bertz CT molecular complexity index is 934. The maximum absolute atomic E-state index is 13.0. The first-order valence-corrected chi connectivity index (χ1v) is 10.6. The quantitative estimate of drug-likeness (QED) is 0.733. The molecule has 2 heterocycles. The van der Waals surface area contributed by atoms with E-state index in [1.165, 1.54) is 0 Å². The van der Waals surface area contributed by atoms with Gasteiger partial charge in [0.05, 0.1) is 13.7 Å². The van der Waals surface area contributed by atoms with E-state index in [1.54, 1.807) is 19.1 Å². The van der Waals surface area contributed by atoms with Gasteiger partial charge in [0.15, 0.2) is 0 Å². The first-order valence-electron chi connectivity index (χ1n) is 10.6. The lowest BCUT2D eigenvalue weighted by Crippen LogP contribution is -2.69. The smallest absolute Gasteiger partial charge is 0.246 e. The van der Waals surface area contributed by atoms with Crippen molar-refractivity contribution >= 4 is 11.8 Å². The maximum atomic E-state index is 13.0. The summed E-state index contributed by atoms with van der Waals surface area (Å²) in [7, 11) is 3.31. The van der Waals surface area contributed by atoms with E-state index in [-0.39, 0.29) is 11.8 Å². The predicted octanol–water partition coefficient (Wildman–Crippen LogP) is 1.60. The fraction of sp³-hybridized carbons (Fsp3) is 0.417. The van der Waals surface area contributed by atoms with Crippen LogP contribution in [0.15, 0.2) is 48.5 Å². The molecule has 2 amide bonds. The van der Waals surface area contributed by atoms with E-state index in [4.69, 9.17) is 9.47 Å². The summed E-state index contributed by atoms with van der Waals surface area (Å²) >= 11 is 0. The molecule has 31 heavy (non-hydrogen) atoms. The molecule has 0 bridgehead atoms. The molecule has 2 fully saturated rings. The fourth-order valence-corrected chi connectivity index (χ4v) is 4.45. The van der Waals surface area contributed by atoms with Gasteiger partial charge in [0.2, 0.25) is 11.8 Å². The molecule has 0 radical (unpaired) electrons. The molecule has 2 saturated heterocycles. The van der Waals surface area contributed by atoms with Crippen molar-refractivity contribution in [2.45, 2.75) is 31.7 Å². The Labute approximate surface area is 182 Å². The van der Waals surface area contributed by atoms with Crippen molar-refractivity contribution in [1.29, 1.82) is 0 Å². The van der Waals surface area contributed by atoms with E-state index in [1.807, 2.05) is 42.5 Å². The minimum absolute atomic E-state index is 0.0138. The molecule has 0 unspecified atom stereocenters. The first-order chi connectivity index (χ1) is 15.1. The van der Waals surface area contributed by atoms with Crippen LogP contribution in [-0.4, -0.2) is 67.6 Å². The number of hydrogen-bond acceptors (Lipinski definition) is 5. The molecule has 2 aliphatic rings. The van der Waals surface area contributed by atoms with Crippen molar-refractivity contribution in [2.24, 2.45) is 0 Å². The van der Waals surface area contributed by atoms with Gasteiger partial charge in [-0.1, -0.05) is 36.4 Å². The van der Waals surface area contributed by atoms with Gasteiger partial charge in [-0.05, 0) is 23.3 Å². The van der Waals surface area contributed by atoms with E-state index < -0.39 is 12.1 Å². The Morgan fingerprint density at radius 3 is 2.58 bits per heavy atom. The SMILES string of the molecule is COCc1cc(CN2CCN3C(=O)[C@H](Cc4ccccc4)NC(=O)[C@H]3C2)ccc1OC. The molecule has 164 valence electrons. The topological polar surface area (TPSA) is 71.1 Å². The van der Waals surface area contributed by atoms with Crippen LogP contribution in [-0.2, 0) is 33.9 Å². The van der Waals surface area contributed by atoms with Crippen LogP contribution in [0, 0.1) is 0 Å². The van der Waals surface area contributed by atoms with Gasteiger partial charge < -0.3 is 19.7 Å². The van der Waals surface area contributed by atoms with Crippen molar-refractivity contribution in [3.05, 3.63) is 65.2 Å². The summed E-state index contributed by atoms with van der Waals surface area (Å²) < 4.78 is 10.7. The van der Waals surface area contributed by atoms with E-state index >= 15 is 0 Å². The van der Waals surface area contributed by atoms with Gasteiger partial charge in [-0.15, -0.1) is 0 Å². The second-order valence-electron chi connectivity index (χ2n) is 8.11. The molecule has 1 N–H and O–H groups in total. The minimum atomic E-state index is -0.490. The average molecular weight is 424 g/mol. The zero-order valence-corrected chi connectivity index (χ0v) is 18.0. The number of benzene rings is 2. The summed E-state index contributed by atoms with van der Waals surface area (Å²) in [6, 6.07) is 14.9. The molecule has 2 atom stereocenters. The number of methoxy groups -OCH3 is 2. The van der Waals surface area contributed by atoms with Crippen molar-refractivity contribution in [1.82, 2.24) is 15.1 Å². The highest BCUT2D eigenvalue weighted by atomic mass is 16.5. The van der Waals surface area contributed by atoms with E-state index in [9.17, 15) is 9.59 Å². The molecule has 2 aromatic carbocycles. The van der Waals surface area contributed by atoms with Gasteiger partial charge in [0.1, 0.15) is 17.8 Å². The summed E-state index contributed by atoms with van der Waals surface area (Å²) in [5.74, 6) is 0.747. The van der Waals surface area contributed by atoms with Crippen LogP contribution in [0.4, 0.5) is 0 Å². The summed E-state index contributed by atoms with van der Waals surface area (Å²) in [4.78, 5) is 29.8. The van der Waals surface area contributed by atoms with Gasteiger partial charge in [0, 0.05) is 45.3 Å². The molecule has 4 rings (SSSR count). The van der Waals surface area contributed by atoms with Crippen molar-refractivity contribution < 1.29 is 19.1 Å². The van der Waals surface area contributed by atoms with Crippen LogP contribution in [0.1, 0.15) is 16.7 Å². The maximum Gasteiger partial charge on any atom is 0.246 e. The van der Waals surface area contributed by atoms with Gasteiger partial charge in [-0.3, -0.25) is 14.5 Å². The normalized spacial score (nSPS) is 21.5.